The lowest BCUT2D eigenvalue weighted by Gasteiger charge is -2.24. The van der Waals surface area contributed by atoms with Crippen LogP contribution >= 0.6 is 0 Å². The second-order valence-electron chi connectivity index (χ2n) is 9.35. The highest BCUT2D eigenvalue weighted by atomic mass is 32.2. The molecule has 0 spiro atoms. The van der Waals surface area contributed by atoms with E-state index in [2.05, 4.69) is 35.8 Å². The summed E-state index contributed by atoms with van der Waals surface area (Å²) in [4.78, 5) is 28.2. The van der Waals surface area contributed by atoms with E-state index in [1.165, 1.54) is 0 Å². The standard InChI is InChI=1S/C26H31N3O5S/c1-26(2,3)22-14-21(20-10-7-11-27-25(20)31)19(13-23(22)34-4)16-28-24(30)18-9-6-8-17(12-18)15-29-35(5,32)33/h6-14,29H,15-16H2,1-5H3,(H,27,31)(H,28,30). The first-order valence-corrected chi connectivity index (χ1v) is 13.0. The third kappa shape index (κ3) is 6.80. The lowest BCUT2D eigenvalue weighted by molar-refractivity contribution is 0.0951. The Morgan fingerprint density at radius 3 is 2.40 bits per heavy atom. The van der Waals surface area contributed by atoms with Crippen LogP contribution in [0.2, 0.25) is 0 Å². The topological polar surface area (TPSA) is 117 Å². The Kier molecular flexibility index (Phi) is 7.82. The number of amides is 1. The van der Waals surface area contributed by atoms with Gasteiger partial charge in [0, 0.05) is 36.0 Å². The molecule has 0 saturated heterocycles. The Balaban J connectivity index is 1.93. The second-order valence-corrected chi connectivity index (χ2v) is 11.2. The summed E-state index contributed by atoms with van der Waals surface area (Å²) in [6.07, 6.45) is 2.66. The van der Waals surface area contributed by atoms with Crippen molar-refractivity contribution in [1.29, 1.82) is 0 Å². The molecule has 0 bridgehead atoms. The van der Waals surface area contributed by atoms with Gasteiger partial charge in [-0.15, -0.1) is 0 Å². The summed E-state index contributed by atoms with van der Waals surface area (Å²) in [7, 11) is -1.75. The van der Waals surface area contributed by atoms with Crippen LogP contribution in [0.3, 0.4) is 0 Å². The normalized spacial score (nSPS) is 11.8. The van der Waals surface area contributed by atoms with Crippen molar-refractivity contribution in [3.05, 3.63) is 87.3 Å². The van der Waals surface area contributed by atoms with E-state index >= 15 is 0 Å². The van der Waals surface area contributed by atoms with Crippen molar-refractivity contribution in [2.24, 2.45) is 0 Å². The SMILES string of the molecule is COc1cc(CNC(=O)c2cccc(CNS(C)(=O)=O)c2)c(-c2ccc[nH]c2=O)cc1C(C)(C)C. The fourth-order valence-electron chi connectivity index (χ4n) is 3.72. The van der Waals surface area contributed by atoms with Gasteiger partial charge in [0.25, 0.3) is 11.5 Å². The number of ether oxygens (including phenoxy) is 1. The number of nitrogens with one attached hydrogen (secondary N) is 3. The quantitative estimate of drug-likeness (QED) is 0.441. The number of benzene rings is 2. The summed E-state index contributed by atoms with van der Waals surface area (Å²) in [5, 5.41) is 2.91. The first-order valence-electron chi connectivity index (χ1n) is 11.1. The van der Waals surface area contributed by atoms with Crippen LogP contribution in [0, 0.1) is 0 Å². The minimum Gasteiger partial charge on any atom is -0.496 e. The Labute approximate surface area is 205 Å². The number of hydrogen-bond donors (Lipinski definition) is 3. The molecule has 0 aliphatic carbocycles. The summed E-state index contributed by atoms with van der Waals surface area (Å²) in [5.41, 5.74) is 3.49. The van der Waals surface area contributed by atoms with E-state index < -0.39 is 10.0 Å². The summed E-state index contributed by atoms with van der Waals surface area (Å²) < 4.78 is 30.8. The molecular weight excluding hydrogens is 466 g/mol. The van der Waals surface area contributed by atoms with E-state index in [1.807, 2.05) is 12.1 Å². The number of aromatic amines is 1. The van der Waals surface area contributed by atoms with Gasteiger partial charge in [0.05, 0.1) is 13.4 Å². The third-order valence-corrected chi connectivity index (χ3v) is 6.18. The second kappa shape index (κ2) is 10.5. The van der Waals surface area contributed by atoms with Crippen molar-refractivity contribution >= 4 is 15.9 Å². The van der Waals surface area contributed by atoms with Gasteiger partial charge in [-0.1, -0.05) is 32.9 Å². The molecule has 9 heteroatoms. The third-order valence-electron chi connectivity index (χ3n) is 5.51. The van der Waals surface area contributed by atoms with Gasteiger partial charge in [0.2, 0.25) is 10.0 Å². The maximum Gasteiger partial charge on any atom is 0.255 e. The molecule has 0 unspecified atom stereocenters. The number of H-pyrrole nitrogens is 1. The maximum atomic E-state index is 12.9. The average molecular weight is 498 g/mol. The van der Waals surface area contributed by atoms with Gasteiger partial charge in [-0.05, 0) is 58.5 Å². The summed E-state index contributed by atoms with van der Waals surface area (Å²) in [6.45, 7) is 6.45. The van der Waals surface area contributed by atoms with E-state index in [0.29, 0.717) is 28.0 Å². The molecule has 35 heavy (non-hydrogen) atoms. The van der Waals surface area contributed by atoms with Gasteiger partial charge < -0.3 is 15.0 Å². The molecule has 0 fully saturated rings. The van der Waals surface area contributed by atoms with Gasteiger partial charge in [-0.3, -0.25) is 9.59 Å². The van der Waals surface area contributed by atoms with E-state index in [-0.39, 0.29) is 30.0 Å². The van der Waals surface area contributed by atoms with Crippen molar-refractivity contribution in [3.8, 4) is 16.9 Å². The van der Waals surface area contributed by atoms with Crippen molar-refractivity contribution in [2.75, 3.05) is 13.4 Å². The molecule has 1 heterocycles. The molecule has 8 nitrogen and oxygen atoms in total. The Morgan fingerprint density at radius 1 is 1.03 bits per heavy atom. The van der Waals surface area contributed by atoms with Crippen LogP contribution in [0.25, 0.3) is 11.1 Å². The van der Waals surface area contributed by atoms with Gasteiger partial charge in [0.1, 0.15) is 5.75 Å². The maximum absolute atomic E-state index is 12.9. The monoisotopic (exact) mass is 497 g/mol. The van der Waals surface area contributed by atoms with E-state index in [4.69, 9.17) is 4.74 Å². The number of hydrogen-bond acceptors (Lipinski definition) is 5. The van der Waals surface area contributed by atoms with Gasteiger partial charge in [-0.2, -0.15) is 0 Å². The average Bonchev–Trinajstić information content (AvgIpc) is 2.80. The smallest absolute Gasteiger partial charge is 0.255 e. The molecule has 3 aromatic rings. The Hall–Kier alpha value is -3.43. The molecular formula is C26H31N3O5S. The fourth-order valence-corrected chi connectivity index (χ4v) is 4.15. The minimum atomic E-state index is -3.35. The molecule has 1 aromatic heterocycles. The minimum absolute atomic E-state index is 0.0896. The lowest BCUT2D eigenvalue weighted by atomic mass is 9.83. The van der Waals surface area contributed by atoms with E-state index in [1.54, 1.807) is 49.7 Å². The van der Waals surface area contributed by atoms with Crippen molar-refractivity contribution in [2.45, 2.75) is 39.3 Å². The number of pyridine rings is 1. The van der Waals surface area contributed by atoms with Crippen molar-refractivity contribution < 1.29 is 17.9 Å². The molecule has 0 aliphatic rings. The number of rotatable bonds is 8. The highest BCUT2D eigenvalue weighted by Crippen LogP contribution is 2.36. The molecule has 0 aliphatic heterocycles. The molecule has 3 rings (SSSR count). The zero-order valence-electron chi connectivity index (χ0n) is 20.6. The van der Waals surface area contributed by atoms with Crippen LogP contribution in [0.1, 0.15) is 47.8 Å². The number of sulfonamides is 1. The van der Waals surface area contributed by atoms with Gasteiger partial charge in [0.15, 0.2) is 0 Å². The van der Waals surface area contributed by atoms with Gasteiger partial charge >= 0.3 is 0 Å². The number of aromatic nitrogens is 1. The summed E-state index contributed by atoms with van der Waals surface area (Å²) in [5.74, 6) is 0.352. The summed E-state index contributed by atoms with van der Waals surface area (Å²) in [6, 6.07) is 14.0. The van der Waals surface area contributed by atoms with Crippen LogP contribution in [-0.4, -0.2) is 32.7 Å². The molecule has 3 N–H and O–H groups in total. The fraction of sp³-hybridized carbons (Fsp3) is 0.308. The molecule has 186 valence electrons. The molecule has 1 amide bonds. The van der Waals surface area contributed by atoms with Crippen LogP contribution in [0.5, 0.6) is 5.75 Å². The Morgan fingerprint density at radius 2 is 1.77 bits per heavy atom. The summed E-state index contributed by atoms with van der Waals surface area (Å²) >= 11 is 0. The highest BCUT2D eigenvalue weighted by molar-refractivity contribution is 7.88. The number of carbonyl (C=O) groups is 1. The lowest BCUT2D eigenvalue weighted by Crippen LogP contribution is -2.25. The van der Waals surface area contributed by atoms with Crippen LogP contribution in [-0.2, 0) is 28.5 Å². The number of methoxy groups -OCH3 is 1. The zero-order chi connectivity index (χ0) is 25.8. The highest BCUT2D eigenvalue weighted by Gasteiger charge is 2.23. The molecule has 0 radical (unpaired) electrons. The van der Waals surface area contributed by atoms with E-state index in [9.17, 15) is 18.0 Å². The van der Waals surface area contributed by atoms with Crippen molar-refractivity contribution in [3.63, 3.8) is 0 Å². The first kappa shape index (κ1) is 26.2. The van der Waals surface area contributed by atoms with Gasteiger partial charge in [-0.25, -0.2) is 13.1 Å². The largest absolute Gasteiger partial charge is 0.496 e. The number of carbonyl (C=O) groups excluding carboxylic acids is 1. The molecule has 2 aromatic carbocycles. The molecule has 0 saturated carbocycles. The van der Waals surface area contributed by atoms with Crippen LogP contribution in [0.4, 0.5) is 0 Å². The van der Waals surface area contributed by atoms with Crippen LogP contribution in [0.15, 0.2) is 59.5 Å². The predicted octanol–water partition coefficient (Wildman–Crippen LogP) is 3.33. The van der Waals surface area contributed by atoms with E-state index in [0.717, 1.165) is 17.4 Å². The zero-order valence-corrected chi connectivity index (χ0v) is 21.4. The van der Waals surface area contributed by atoms with Crippen molar-refractivity contribution in [1.82, 2.24) is 15.0 Å². The predicted molar refractivity (Wildman–Crippen MR) is 137 cm³/mol. The Bertz CT molecular complexity index is 1390. The first-order chi connectivity index (χ1) is 16.4. The van der Waals surface area contributed by atoms with Crippen LogP contribution < -0.4 is 20.3 Å². The molecule has 0 atom stereocenters.